The smallest absolute Gasteiger partial charge is 0.287 e. The lowest BCUT2D eigenvalue weighted by molar-refractivity contribution is -0.154. The maximum Gasteiger partial charge on any atom is 0.287 e. The Kier molecular flexibility index (Phi) is 12.3. The van der Waals surface area contributed by atoms with Crippen LogP contribution in [0.2, 0.25) is 0 Å². The van der Waals surface area contributed by atoms with Crippen LogP contribution in [0.15, 0.2) is 0 Å². The molecule has 0 aromatic carbocycles. The summed E-state index contributed by atoms with van der Waals surface area (Å²) in [6.45, 7) is 14.2. The highest BCUT2D eigenvalue weighted by Crippen LogP contribution is 2.65. The minimum absolute atomic E-state index is 0.0420. The van der Waals surface area contributed by atoms with Crippen molar-refractivity contribution in [2.24, 2.45) is 45.8 Å². The number of carbonyl (C=O) groups excluding carboxylic acids is 7. The van der Waals surface area contributed by atoms with Crippen LogP contribution in [-0.2, 0) is 33.6 Å². The van der Waals surface area contributed by atoms with Crippen LogP contribution in [0.25, 0.3) is 0 Å². The van der Waals surface area contributed by atoms with E-state index in [1.165, 1.54) is 4.90 Å². The summed E-state index contributed by atoms with van der Waals surface area (Å²) >= 11 is 0. The molecule has 0 spiro atoms. The summed E-state index contributed by atoms with van der Waals surface area (Å²) in [5, 5.41) is 2.65. The van der Waals surface area contributed by atoms with Gasteiger partial charge in [-0.2, -0.15) is 0 Å². The highest BCUT2D eigenvalue weighted by Gasteiger charge is 2.69. The number of hydrogen-bond donors (Lipinski definition) is 1. The first kappa shape index (κ1) is 42.1. The van der Waals surface area contributed by atoms with E-state index in [-0.39, 0.29) is 104 Å². The van der Waals surface area contributed by atoms with Crippen molar-refractivity contribution in [3.8, 4) is 0 Å². The molecule has 2 aliphatic carbocycles. The van der Waals surface area contributed by atoms with Crippen LogP contribution >= 0.6 is 0 Å². The molecule has 5 rings (SSSR count). The number of rotatable bonds is 9. The highest BCUT2D eigenvalue weighted by atomic mass is 19.3. The lowest BCUT2D eigenvalue weighted by atomic mass is 9.75. The SMILES string of the molecule is CC1(C)CC(=O)N(C[C@@H](CC(=O)C[C@H]2CCCCCCC(F)(F)CC[C@@H](C(=O)C(=O)NC3CC3)CC(=O)[C@@H]3[C@@H]4[C@H](CN3C2=O)C4(C)C)C(C)(C)C)C(=O)C1. The molecule has 5 aliphatic rings. The summed E-state index contributed by atoms with van der Waals surface area (Å²) in [4.78, 5) is 98.0. The number of alkyl halides is 2. The molecule has 0 bridgehead atoms. The van der Waals surface area contributed by atoms with Crippen LogP contribution in [0.3, 0.4) is 0 Å². The Morgan fingerprint density at radius 3 is 2.11 bits per heavy atom. The molecular formula is C42H63F2N3O7. The van der Waals surface area contributed by atoms with Crippen LogP contribution in [0.1, 0.15) is 145 Å². The highest BCUT2D eigenvalue weighted by molar-refractivity contribution is 6.37. The van der Waals surface area contributed by atoms with E-state index in [0.29, 0.717) is 32.2 Å². The van der Waals surface area contributed by atoms with E-state index < -0.39 is 64.9 Å². The second kappa shape index (κ2) is 15.8. The molecule has 2 saturated carbocycles. The van der Waals surface area contributed by atoms with Gasteiger partial charge in [0.15, 0.2) is 5.78 Å². The van der Waals surface area contributed by atoms with Crippen molar-refractivity contribution in [2.75, 3.05) is 13.1 Å². The average molecular weight is 760 g/mol. The zero-order chi connectivity index (χ0) is 40.0. The van der Waals surface area contributed by atoms with Crippen molar-refractivity contribution in [3.63, 3.8) is 0 Å². The molecule has 12 heteroatoms. The fraction of sp³-hybridized carbons (Fsp3) is 0.833. The van der Waals surface area contributed by atoms with E-state index in [0.717, 1.165) is 12.8 Å². The van der Waals surface area contributed by atoms with Gasteiger partial charge in [-0.1, -0.05) is 67.7 Å². The number of halogens is 2. The molecule has 3 aliphatic heterocycles. The molecule has 0 unspecified atom stereocenters. The van der Waals surface area contributed by atoms with Gasteiger partial charge in [-0.15, -0.1) is 0 Å². The summed E-state index contributed by atoms with van der Waals surface area (Å²) in [7, 11) is 0. The number of ketones is 3. The fourth-order valence-electron chi connectivity index (χ4n) is 9.34. The Labute approximate surface area is 319 Å². The number of nitrogens with zero attached hydrogens (tertiary/aromatic N) is 2. The maximum atomic E-state index is 15.1. The Balaban J connectivity index is 1.36. The largest absolute Gasteiger partial charge is 0.347 e. The van der Waals surface area contributed by atoms with Gasteiger partial charge in [0, 0.05) is 75.9 Å². The summed E-state index contributed by atoms with van der Waals surface area (Å²) in [6.07, 6.45) is 2.57. The van der Waals surface area contributed by atoms with Gasteiger partial charge in [0.25, 0.3) is 5.91 Å². The number of nitrogens with one attached hydrogen (secondary N) is 1. The lowest BCUT2D eigenvalue weighted by Gasteiger charge is -2.39. The number of hydrogen-bond acceptors (Lipinski definition) is 7. The molecule has 0 aromatic heterocycles. The van der Waals surface area contributed by atoms with Gasteiger partial charge in [-0.05, 0) is 66.1 Å². The van der Waals surface area contributed by atoms with Gasteiger partial charge in [-0.25, -0.2) is 8.78 Å². The molecular weight excluding hydrogens is 696 g/mol. The molecule has 302 valence electrons. The van der Waals surface area contributed by atoms with Crippen LogP contribution in [0, 0.1) is 45.8 Å². The van der Waals surface area contributed by atoms with Crippen molar-refractivity contribution >= 4 is 41.0 Å². The normalized spacial score (nSPS) is 31.0. The van der Waals surface area contributed by atoms with E-state index in [9.17, 15) is 33.6 Å². The van der Waals surface area contributed by atoms with E-state index in [2.05, 4.69) is 5.32 Å². The Bertz CT molecular complexity index is 1490. The van der Waals surface area contributed by atoms with Gasteiger partial charge in [0.05, 0.1) is 6.04 Å². The van der Waals surface area contributed by atoms with Crippen LogP contribution in [0.4, 0.5) is 8.78 Å². The average Bonchev–Trinajstić information content (AvgIpc) is 3.90. The topological polar surface area (TPSA) is 138 Å². The number of likely N-dealkylation sites (tertiary alicyclic amines) is 1. The molecule has 1 N–H and O–H groups in total. The molecule has 54 heavy (non-hydrogen) atoms. The number of Topliss-reactive ketones (excluding diaryl/α,β-unsaturated/α-hetero) is 3. The summed E-state index contributed by atoms with van der Waals surface area (Å²) in [5.41, 5.74) is -1.09. The minimum atomic E-state index is -3.05. The zero-order valence-corrected chi connectivity index (χ0v) is 33.6. The Morgan fingerprint density at radius 1 is 0.870 bits per heavy atom. The van der Waals surface area contributed by atoms with Crippen molar-refractivity contribution in [3.05, 3.63) is 0 Å². The Morgan fingerprint density at radius 2 is 1.50 bits per heavy atom. The van der Waals surface area contributed by atoms with Crippen molar-refractivity contribution in [2.45, 2.75) is 163 Å². The van der Waals surface area contributed by atoms with Crippen molar-refractivity contribution < 1.29 is 42.3 Å². The zero-order valence-electron chi connectivity index (χ0n) is 33.6. The van der Waals surface area contributed by atoms with Crippen molar-refractivity contribution in [1.82, 2.24) is 15.1 Å². The first-order chi connectivity index (χ1) is 25.0. The number of amides is 4. The maximum absolute atomic E-state index is 15.1. The van der Waals surface area contributed by atoms with Gasteiger partial charge in [0.2, 0.25) is 29.4 Å². The third-order valence-electron chi connectivity index (χ3n) is 13.3. The molecule has 6 atom stereocenters. The lowest BCUT2D eigenvalue weighted by Crippen LogP contribution is -2.50. The van der Waals surface area contributed by atoms with Crippen LogP contribution in [-0.4, -0.2) is 81.9 Å². The van der Waals surface area contributed by atoms with Crippen molar-refractivity contribution in [1.29, 1.82) is 0 Å². The summed E-state index contributed by atoms with van der Waals surface area (Å²) in [5.74, 6) is -8.52. The quantitative estimate of drug-likeness (QED) is 0.210. The van der Waals surface area contributed by atoms with E-state index >= 15 is 8.78 Å². The number of carbonyl (C=O) groups is 7. The molecule has 3 saturated heterocycles. The predicted molar refractivity (Wildman–Crippen MR) is 198 cm³/mol. The molecule has 0 radical (unpaired) electrons. The molecule has 4 amide bonds. The monoisotopic (exact) mass is 759 g/mol. The van der Waals surface area contributed by atoms with Gasteiger partial charge in [-0.3, -0.25) is 38.5 Å². The van der Waals surface area contributed by atoms with Crippen LogP contribution < -0.4 is 5.32 Å². The first-order valence-corrected chi connectivity index (χ1v) is 20.4. The van der Waals surface area contributed by atoms with E-state index in [4.69, 9.17) is 0 Å². The number of fused-ring (bicyclic) bond motifs is 3. The predicted octanol–water partition coefficient (Wildman–Crippen LogP) is 6.47. The number of imide groups is 1. The molecule has 10 nitrogen and oxygen atoms in total. The number of piperidine rings is 2. The summed E-state index contributed by atoms with van der Waals surface area (Å²) in [6, 6.07) is -0.978. The molecule has 3 heterocycles. The van der Waals surface area contributed by atoms with E-state index in [1.807, 2.05) is 48.5 Å². The molecule has 0 aromatic rings. The standard InChI is InChI=1S/C42H63F2N3O7/c1-39(2,3)27(23-46-32(50)21-40(4,5)22-33(46)51)20-29(48)18-26-12-10-8-9-11-16-42(43,44)17-15-25(36(52)37(53)45-28-13-14-28)19-31(49)35-34-30(41(34,6)7)24-47(35)38(26)54/h25-28,30,34-35H,8-24H2,1-7H3,(H,45,53)/t25-,26-,27-,30+,34+,35-/m1/s1. The van der Waals surface area contributed by atoms with Gasteiger partial charge >= 0.3 is 0 Å². The van der Waals surface area contributed by atoms with Crippen LogP contribution in [0.5, 0.6) is 0 Å². The fourth-order valence-corrected chi connectivity index (χ4v) is 9.34. The first-order valence-electron chi connectivity index (χ1n) is 20.4. The second-order valence-electron chi connectivity index (χ2n) is 19.8. The van der Waals surface area contributed by atoms with Gasteiger partial charge < -0.3 is 10.2 Å². The Hall–Kier alpha value is -3.05. The second-order valence-corrected chi connectivity index (χ2v) is 19.8. The minimum Gasteiger partial charge on any atom is -0.347 e. The third kappa shape index (κ3) is 10.0. The van der Waals surface area contributed by atoms with Gasteiger partial charge in [0.1, 0.15) is 5.78 Å². The summed E-state index contributed by atoms with van der Waals surface area (Å²) < 4.78 is 30.2. The molecule has 5 fully saturated rings. The third-order valence-corrected chi connectivity index (χ3v) is 13.3. The van der Waals surface area contributed by atoms with E-state index in [1.54, 1.807) is 4.90 Å².